The summed E-state index contributed by atoms with van der Waals surface area (Å²) < 4.78 is 0. The quantitative estimate of drug-likeness (QED) is 0.163. The molecule has 0 saturated carbocycles. The Morgan fingerprint density at radius 2 is 0.701 bits per heavy atom. The third kappa shape index (κ3) is 7.08. The molecule has 2 aliphatic rings. The summed E-state index contributed by atoms with van der Waals surface area (Å²) in [6, 6.07) is 63.4. The lowest BCUT2D eigenvalue weighted by atomic mass is 9.33. The van der Waals surface area contributed by atoms with Crippen LogP contribution in [-0.4, -0.2) is 6.71 Å². The van der Waals surface area contributed by atoms with E-state index in [0.717, 1.165) is 0 Å². The Balaban J connectivity index is 1.36. The summed E-state index contributed by atoms with van der Waals surface area (Å²) in [6.45, 7) is 28.2. The number of rotatable bonds is 3. The average Bonchev–Trinajstić information content (AvgIpc) is 3.29. The zero-order valence-corrected chi connectivity index (χ0v) is 41.6. The van der Waals surface area contributed by atoms with Crippen molar-refractivity contribution in [2.24, 2.45) is 0 Å². The molecule has 332 valence electrons. The molecule has 0 radical (unpaired) electrons. The Kier molecular flexibility index (Phi) is 9.61. The highest BCUT2D eigenvalue weighted by molar-refractivity contribution is 7.00. The van der Waals surface area contributed by atoms with Crippen LogP contribution in [0.3, 0.4) is 0 Å². The Morgan fingerprint density at radius 1 is 0.343 bits per heavy atom. The Hall–Kier alpha value is -6.58. The first-order chi connectivity index (χ1) is 31.8. The number of benzene rings is 9. The molecule has 3 heteroatoms. The van der Waals surface area contributed by atoms with Gasteiger partial charge < -0.3 is 9.80 Å². The molecule has 2 heterocycles. The van der Waals surface area contributed by atoms with E-state index in [2.05, 4.69) is 257 Å². The second-order valence-electron chi connectivity index (χ2n) is 23.5. The topological polar surface area (TPSA) is 6.48 Å². The van der Waals surface area contributed by atoms with Crippen LogP contribution in [0, 0.1) is 0 Å². The van der Waals surface area contributed by atoms with E-state index in [4.69, 9.17) is 0 Å². The van der Waals surface area contributed by atoms with E-state index < -0.39 is 0 Å². The molecule has 0 N–H and O–H groups in total. The highest BCUT2D eigenvalue weighted by Crippen LogP contribution is 2.51. The van der Waals surface area contributed by atoms with Crippen LogP contribution >= 0.6 is 0 Å². The van der Waals surface area contributed by atoms with Crippen LogP contribution in [0.1, 0.15) is 105 Å². The van der Waals surface area contributed by atoms with E-state index in [9.17, 15) is 0 Å². The number of nitrogens with zero attached hydrogens (tertiary/aromatic N) is 2. The van der Waals surface area contributed by atoms with Crippen LogP contribution in [0.2, 0.25) is 0 Å². The first-order valence-corrected chi connectivity index (χ1v) is 24.4. The van der Waals surface area contributed by atoms with Gasteiger partial charge >= 0.3 is 0 Å². The highest BCUT2D eigenvalue weighted by Gasteiger charge is 2.45. The lowest BCUT2D eigenvalue weighted by Gasteiger charge is -2.46. The lowest BCUT2D eigenvalue weighted by Crippen LogP contribution is -2.61. The zero-order valence-electron chi connectivity index (χ0n) is 41.6. The van der Waals surface area contributed by atoms with Crippen LogP contribution < -0.4 is 26.2 Å². The van der Waals surface area contributed by atoms with Crippen molar-refractivity contribution in [3.8, 4) is 11.1 Å². The number of hydrogen-bond acceptors (Lipinski definition) is 2. The minimum absolute atomic E-state index is 0.0287. The maximum atomic E-state index is 2.67. The van der Waals surface area contributed by atoms with Crippen LogP contribution in [0.4, 0.5) is 34.1 Å². The predicted octanol–water partition coefficient (Wildman–Crippen LogP) is 16.1. The molecule has 11 rings (SSSR count). The fourth-order valence-corrected chi connectivity index (χ4v) is 10.9. The van der Waals surface area contributed by atoms with Crippen LogP contribution in [-0.2, 0) is 21.7 Å². The lowest BCUT2D eigenvalue weighted by molar-refractivity contribution is 0.568. The summed E-state index contributed by atoms with van der Waals surface area (Å²) in [6.07, 6.45) is 0. The van der Waals surface area contributed by atoms with E-state index in [-0.39, 0.29) is 28.4 Å². The van der Waals surface area contributed by atoms with Crippen molar-refractivity contribution in [1.82, 2.24) is 0 Å². The first-order valence-electron chi connectivity index (χ1n) is 24.4. The summed E-state index contributed by atoms with van der Waals surface area (Å²) >= 11 is 0. The van der Waals surface area contributed by atoms with Crippen LogP contribution in [0.15, 0.2) is 164 Å². The SMILES string of the molecule is CC(C)(C)c1cc(N2c3cc(-c4cccc5ccccc45)cc4c3B(c3ccc5ccccc5c32)c2ccc3ccccc3c2N4c2cc(C(C)(C)C)cc(C(C)(C)C)c2)cc(C(C)(C)C)c1. The van der Waals surface area contributed by atoms with Gasteiger partial charge in [0.05, 0.1) is 0 Å². The molecule has 0 spiro atoms. The molecule has 0 aliphatic carbocycles. The van der Waals surface area contributed by atoms with Gasteiger partial charge in [0.1, 0.15) is 0 Å². The molecule has 2 aliphatic heterocycles. The van der Waals surface area contributed by atoms with E-state index in [1.54, 1.807) is 0 Å². The average molecular weight is 871 g/mol. The third-order valence-electron chi connectivity index (χ3n) is 14.8. The Bertz CT molecular complexity index is 3220. The molecule has 2 nitrogen and oxygen atoms in total. The molecule has 0 fully saturated rings. The van der Waals surface area contributed by atoms with Crippen molar-refractivity contribution >= 4 is 89.5 Å². The third-order valence-corrected chi connectivity index (χ3v) is 14.8. The Labute approximate surface area is 399 Å². The van der Waals surface area contributed by atoms with E-state index in [1.807, 2.05) is 0 Å². The van der Waals surface area contributed by atoms with Gasteiger partial charge in [0.25, 0.3) is 6.71 Å². The number of fused-ring (bicyclic) bond motifs is 9. The summed E-state index contributed by atoms with van der Waals surface area (Å²) in [5.41, 5.74) is 18.9. The second-order valence-corrected chi connectivity index (χ2v) is 23.5. The van der Waals surface area contributed by atoms with Gasteiger partial charge in [-0.05, 0) is 129 Å². The monoisotopic (exact) mass is 871 g/mol. The molecule has 0 unspecified atom stereocenters. The van der Waals surface area contributed by atoms with Gasteiger partial charge in [-0.2, -0.15) is 0 Å². The first kappa shape index (κ1) is 43.0. The van der Waals surface area contributed by atoms with Crippen molar-refractivity contribution in [3.63, 3.8) is 0 Å². The van der Waals surface area contributed by atoms with Gasteiger partial charge in [-0.15, -0.1) is 0 Å². The van der Waals surface area contributed by atoms with Crippen molar-refractivity contribution in [1.29, 1.82) is 0 Å². The summed E-state index contributed by atoms with van der Waals surface area (Å²) in [7, 11) is 0. The molecule has 0 amide bonds. The predicted molar refractivity (Wildman–Crippen MR) is 293 cm³/mol. The fraction of sp³-hybridized carbons (Fsp3) is 0.250. The number of hydrogen-bond donors (Lipinski definition) is 0. The molecule has 9 aromatic rings. The maximum Gasteiger partial charge on any atom is 0.252 e. The van der Waals surface area contributed by atoms with Crippen LogP contribution in [0.5, 0.6) is 0 Å². The Morgan fingerprint density at radius 3 is 1.10 bits per heavy atom. The van der Waals surface area contributed by atoms with Gasteiger partial charge in [0, 0.05) is 44.9 Å². The standard InChI is InChI=1S/C64H63BN2/c1-61(2,3)44-34-45(62(4,5)6)37-48(36-44)66-56-32-43(51-27-19-23-40-20-13-16-24-50(40)51)33-57-58(56)65(54-30-28-41-21-14-17-25-52(41)59(54)66)55-31-29-42-22-15-18-26-53(42)60(55)67(57)49-38-46(63(7,8)9)35-47(39-49)64(10,11)12/h13-39H,1-12H3. The van der Waals surface area contributed by atoms with E-state index in [0.29, 0.717) is 0 Å². The molecule has 0 aromatic heterocycles. The molecular formula is C64H63BN2. The van der Waals surface area contributed by atoms with Crippen molar-refractivity contribution in [2.45, 2.75) is 105 Å². The minimum atomic E-state index is -0.0697. The van der Waals surface area contributed by atoms with Gasteiger partial charge in [-0.1, -0.05) is 210 Å². The minimum Gasteiger partial charge on any atom is -0.311 e. The van der Waals surface area contributed by atoms with E-state index in [1.165, 1.54) is 116 Å². The van der Waals surface area contributed by atoms with Crippen molar-refractivity contribution < 1.29 is 0 Å². The van der Waals surface area contributed by atoms with Crippen molar-refractivity contribution in [3.05, 3.63) is 186 Å². The number of anilines is 6. The summed E-state index contributed by atoms with van der Waals surface area (Å²) in [5, 5.41) is 7.51. The van der Waals surface area contributed by atoms with Gasteiger partial charge in [-0.3, -0.25) is 0 Å². The van der Waals surface area contributed by atoms with Crippen LogP contribution in [0.25, 0.3) is 43.4 Å². The maximum absolute atomic E-state index is 2.67. The van der Waals surface area contributed by atoms with Gasteiger partial charge in [0.15, 0.2) is 0 Å². The molecule has 0 bridgehead atoms. The van der Waals surface area contributed by atoms with Crippen molar-refractivity contribution in [2.75, 3.05) is 9.80 Å². The molecule has 9 aromatic carbocycles. The van der Waals surface area contributed by atoms with Gasteiger partial charge in [-0.25, -0.2) is 0 Å². The molecule has 0 saturated heterocycles. The van der Waals surface area contributed by atoms with Gasteiger partial charge in [0.2, 0.25) is 0 Å². The molecule has 67 heavy (non-hydrogen) atoms. The smallest absolute Gasteiger partial charge is 0.252 e. The summed E-state index contributed by atoms with van der Waals surface area (Å²) in [5.74, 6) is 0. The zero-order chi connectivity index (χ0) is 46.9. The fourth-order valence-electron chi connectivity index (χ4n) is 10.9. The largest absolute Gasteiger partial charge is 0.311 e. The second kappa shape index (κ2) is 15.0. The normalized spacial score (nSPS) is 13.9. The van der Waals surface area contributed by atoms with E-state index >= 15 is 0 Å². The molecule has 0 atom stereocenters. The highest BCUT2D eigenvalue weighted by atomic mass is 15.2. The summed E-state index contributed by atoms with van der Waals surface area (Å²) in [4.78, 5) is 5.34. The molecular weight excluding hydrogens is 808 g/mol.